The zero-order valence-electron chi connectivity index (χ0n) is 20.3. The number of hydrogen-bond acceptors (Lipinski definition) is 6. The molecule has 1 atom stereocenters. The molecule has 0 aromatic heterocycles. The van der Waals surface area contributed by atoms with Crippen LogP contribution in [0.15, 0.2) is 78.9 Å². The lowest BCUT2D eigenvalue weighted by atomic mass is 10.00. The van der Waals surface area contributed by atoms with E-state index in [-0.39, 0.29) is 23.8 Å². The summed E-state index contributed by atoms with van der Waals surface area (Å²) in [5.74, 6) is 0.900. The van der Waals surface area contributed by atoms with Crippen LogP contribution in [0.5, 0.6) is 17.2 Å². The lowest BCUT2D eigenvalue weighted by Gasteiger charge is -2.25. The van der Waals surface area contributed by atoms with Gasteiger partial charge in [-0.1, -0.05) is 42.5 Å². The molecule has 0 saturated carbocycles. The van der Waals surface area contributed by atoms with Gasteiger partial charge in [0.1, 0.15) is 29.4 Å². The summed E-state index contributed by atoms with van der Waals surface area (Å²) < 4.78 is 16.5. The second kappa shape index (κ2) is 10.9. The second-order valence-electron chi connectivity index (χ2n) is 8.78. The Balaban J connectivity index is 1.23. The summed E-state index contributed by atoms with van der Waals surface area (Å²) >= 11 is 0. The largest absolute Gasteiger partial charge is 0.506 e. The van der Waals surface area contributed by atoms with E-state index in [1.165, 1.54) is 22.4 Å². The molecule has 38 heavy (non-hydrogen) atoms. The first kappa shape index (κ1) is 24.7. The van der Waals surface area contributed by atoms with Crippen molar-refractivity contribution in [2.75, 3.05) is 13.2 Å². The highest BCUT2D eigenvalue weighted by molar-refractivity contribution is 5.94. The number of amides is 1. The van der Waals surface area contributed by atoms with Gasteiger partial charge >= 0.3 is 6.16 Å². The lowest BCUT2D eigenvalue weighted by Crippen LogP contribution is -2.25. The van der Waals surface area contributed by atoms with Crippen LogP contribution in [-0.4, -0.2) is 30.3 Å². The minimum atomic E-state index is -1.39. The van der Waals surface area contributed by atoms with Crippen LogP contribution in [-0.2, 0) is 11.2 Å². The first-order valence-electron chi connectivity index (χ1n) is 12.1. The van der Waals surface area contributed by atoms with E-state index in [2.05, 4.69) is 35.7 Å². The van der Waals surface area contributed by atoms with Crippen LogP contribution < -0.4 is 14.8 Å². The maximum Gasteiger partial charge on any atom is 0.506 e. The number of rotatable bonds is 7. The molecule has 8 heteroatoms. The highest BCUT2D eigenvalue weighted by Gasteiger charge is 2.27. The van der Waals surface area contributed by atoms with Gasteiger partial charge < -0.3 is 24.6 Å². The van der Waals surface area contributed by atoms with Gasteiger partial charge in [-0.3, -0.25) is 4.79 Å². The number of fused-ring (bicyclic) bond motifs is 2. The quantitative estimate of drug-likeness (QED) is 0.294. The highest BCUT2D eigenvalue weighted by atomic mass is 16.7. The summed E-state index contributed by atoms with van der Waals surface area (Å²) in [6.45, 7) is 0.777. The zero-order chi connectivity index (χ0) is 26.5. The summed E-state index contributed by atoms with van der Waals surface area (Å²) in [5, 5.41) is 23.9. The summed E-state index contributed by atoms with van der Waals surface area (Å²) in [5.41, 5.74) is 2.36. The van der Waals surface area contributed by atoms with Gasteiger partial charge in [0.05, 0.1) is 12.2 Å². The lowest BCUT2D eigenvalue weighted by molar-refractivity contribution is 0.0326. The summed E-state index contributed by atoms with van der Waals surface area (Å²) in [7, 11) is 0. The standard InChI is InChI=1S/C30H24N2O6/c31-18-22-16-25-26(38-30(34)35)13-15-36-28(25)17-27(22)37-23-10-8-21(9-11-23)29(33)32-14-12-20-6-3-5-19-4-1-2-7-24(19)20/h1-11,16-17,26H,12-15H2,(H,32,33)(H,34,35). The summed E-state index contributed by atoms with van der Waals surface area (Å²) in [6, 6.07) is 26.1. The molecule has 0 bridgehead atoms. The molecule has 190 valence electrons. The normalized spacial score (nSPS) is 14.0. The van der Waals surface area contributed by atoms with Crippen molar-refractivity contribution < 1.29 is 28.9 Å². The van der Waals surface area contributed by atoms with Crippen molar-refractivity contribution in [3.63, 3.8) is 0 Å². The molecule has 4 aromatic carbocycles. The minimum absolute atomic E-state index is 0.193. The van der Waals surface area contributed by atoms with Crippen LogP contribution in [0.3, 0.4) is 0 Å². The molecular weight excluding hydrogens is 484 g/mol. The number of nitrogens with one attached hydrogen (secondary N) is 1. The van der Waals surface area contributed by atoms with Crippen LogP contribution in [0.2, 0.25) is 0 Å². The number of nitrogens with zero attached hydrogens (tertiary/aromatic N) is 1. The van der Waals surface area contributed by atoms with Gasteiger partial charge in [0.15, 0.2) is 0 Å². The molecule has 5 rings (SSSR count). The van der Waals surface area contributed by atoms with Crippen molar-refractivity contribution in [2.45, 2.75) is 18.9 Å². The number of carbonyl (C=O) groups excluding carboxylic acids is 1. The van der Waals surface area contributed by atoms with Crippen LogP contribution in [0.4, 0.5) is 4.79 Å². The fraction of sp³-hybridized carbons (Fsp3) is 0.167. The maximum absolute atomic E-state index is 12.7. The number of hydrogen-bond donors (Lipinski definition) is 2. The van der Waals surface area contributed by atoms with Gasteiger partial charge in [-0.15, -0.1) is 0 Å². The molecule has 0 radical (unpaired) electrons. The Labute approximate surface area is 219 Å². The first-order valence-corrected chi connectivity index (χ1v) is 12.1. The van der Waals surface area contributed by atoms with Gasteiger partial charge in [0.2, 0.25) is 0 Å². The number of carbonyl (C=O) groups is 2. The average Bonchev–Trinajstić information content (AvgIpc) is 2.93. The first-order chi connectivity index (χ1) is 18.5. The number of carboxylic acid groups (broad SMARTS) is 1. The molecule has 1 heterocycles. The van der Waals surface area contributed by atoms with Crippen LogP contribution >= 0.6 is 0 Å². The van der Waals surface area contributed by atoms with Crippen molar-refractivity contribution in [1.82, 2.24) is 5.32 Å². The molecule has 1 aliphatic heterocycles. The predicted molar refractivity (Wildman–Crippen MR) is 140 cm³/mol. The van der Waals surface area contributed by atoms with Crippen LogP contribution in [0.25, 0.3) is 10.8 Å². The number of nitriles is 1. The molecule has 0 saturated heterocycles. The molecule has 8 nitrogen and oxygen atoms in total. The van der Waals surface area contributed by atoms with E-state index < -0.39 is 12.3 Å². The van der Waals surface area contributed by atoms with E-state index in [1.54, 1.807) is 30.3 Å². The topological polar surface area (TPSA) is 118 Å². The van der Waals surface area contributed by atoms with E-state index in [0.717, 1.165) is 0 Å². The molecule has 1 aliphatic rings. The van der Waals surface area contributed by atoms with Gasteiger partial charge in [0.25, 0.3) is 5.91 Å². The van der Waals surface area contributed by atoms with E-state index in [4.69, 9.17) is 19.3 Å². The Bertz CT molecular complexity index is 1540. The van der Waals surface area contributed by atoms with Gasteiger partial charge in [-0.05, 0) is 53.1 Å². The smallest absolute Gasteiger partial charge is 0.493 e. The Morgan fingerprint density at radius 3 is 2.63 bits per heavy atom. The predicted octanol–water partition coefficient (Wildman–Crippen LogP) is 5.99. The molecule has 0 aliphatic carbocycles. The van der Waals surface area contributed by atoms with E-state index >= 15 is 0 Å². The van der Waals surface area contributed by atoms with E-state index in [1.807, 2.05) is 18.2 Å². The Morgan fingerprint density at radius 2 is 1.84 bits per heavy atom. The Morgan fingerprint density at radius 1 is 1.05 bits per heavy atom. The van der Waals surface area contributed by atoms with E-state index in [9.17, 15) is 14.9 Å². The SMILES string of the molecule is N#Cc1cc2c(cc1Oc1ccc(C(=O)NCCc3cccc4ccccc34)cc1)OCCC2OC(=O)O. The highest BCUT2D eigenvalue weighted by Crippen LogP contribution is 2.40. The maximum atomic E-state index is 12.7. The number of ether oxygens (including phenoxy) is 3. The third-order valence-corrected chi connectivity index (χ3v) is 6.36. The summed E-state index contributed by atoms with van der Waals surface area (Å²) in [4.78, 5) is 23.7. The van der Waals surface area contributed by atoms with Crippen LogP contribution in [0.1, 0.15) is 39.6 Å². The molecule has 2 N–H and O–H groups in total. The third-order valence-electron chi connectivity index (χ3n) is 6.36. The van der Waals surface area contributed by atoms with Crippen molar-refractivity contribution in [2.24, 2.45) is 0 Å². The van der Waals surface area contributed by atoms with Crippen molar-refractivity contribution in [1.29, 1.82) is 5.26 Å². The van der Waals surface area contributed by atoms with Crippen molar-refractivity contribution >= 4 is 22.8 Å². The molecular formula is C30H24N2O6. The molecule has 1 amide bonds. The van der Waals surface area contributed by atoms with Crippen LogP contribution in [0, 0.1) is 11.3 Å². The zero-order valence-corrected chi connectivity index (χ0v) is 20.3. The molecule has 0 spiro atoms. The molecule has 4 aromatic rings. The van der Waals surface area contributed by atoms with Crippen molar-refractivity contribution in [3.8, 4) is 23.3 Å². The summed E-state index contributed by atoms with van der Waals surface area (Å²) in [6.07, 6.45) is -1.03. The average molecular weight is 509 g/mol. The van der Waals surface area contributed by atoms with Gasteiger partial charge in [-0.2, -0.15) is 5.26 Å². The minimum Gasteiger partial charge on any atom is -0.493 e. The Hall–Kier alpha value is -5.03. The third kappa shape index (κ3) is 5.37. The molecule has 1 unspecified atom stereocenters. The van der Waals surface area contributed by atoms with Crippen molar-refractivity contribution in [3.05, 3.63) is 101 Å². The molecule has 0 fully saturated rings. The van der Waals surface area contributed by atoms with Gasteiger partial charge in [-0.25, -0.2) is 4.79 Å². The second-order valence-corrected chi connectivity index (χ2v) is 8.78. The Kier molecular flexibility index (Phi) is 7.09. The van der Waals surface area contributed by atoms with E-state index in [0.29, 0.717) is 42.0 Å². The fourth-order valence-corrected chi connectivity index (χ4v) is 4.53. The van der Waals surface area contributed by atoms with Gasteiger partial charge in [0, 0.05) is 30.2 Å². The fourth-order valence-electron chi connectivity index (χ4n) is 4.53. The monoisotopic (exact) mass is 508 g/mol. The number of benzene rings is 4.